The molecule has 0 saturated carbocycles. The quantitative estimate of drug-likeness (QED) is 0.609. The van der Waals surface area contributed by atoms with Gasteiger partial charge in [-0.05, 0) is 30.8 Å². The molecule has 2 N–H and O–H groups in total. The third-order valence-corrected chi connectivity index (χ3v) is 5.90. The number of hydrogen-bond donors (Lipinski definition) is 2. The Bertz CT molecular complexity index is 512. The van der Waals surface area contributed by atoms with Gasteiger partial charge in [0.25, 0.3) is 0 Å². The van der Waals surface area contributed by atoms with E-state index in [0.29, 0.717) is 31.2 Å². The number of rotatable bonds is 11. The van der Waals surface area contributed by atoms with Crippen molar-refractivity contribution in [1.82, 2.24) is 10.0 Å². The highest BCUT2D eigenvalue weighted by Gasteiger charge is 2.22. The molecule has 0 saturated heterocycles. The summed E-state index contributed by atoms with van der Waals surface area (Å²) in [5, 5.41) is 5.06. The van der Waals surface area contributed by atoms with Gasteiger partial charge in [-0.25, -0.2) is 13.1 Å². The van der Waals surface area contributed by atoms with E-state index in [9.17, 15) is 8.42 Å². The summed E-state index contributed by atoms with van der Waals surface area (Å²) in [6, 6.07) is 0. The van der Waals surface area contributed by atoms with Crippen LogP contribution in [0.5, 0.6) is 0 Å². The Morgan fingerprint density at radius 1 is 1.29 bits per heavy atom. The van der Waals surface area contributed by atoms with Crippen LogP contribution in [-0.4, -0.2) is 34.7 Å². The molecular formula is C14H26N2O3S2. The van der Waals surface area contributed by atoms with Crippen molar-refractivity contribution in [3.05, 3.63) is 15.8 Å². The SMILES string of the molecule is CCCCOCCNS(=O)(=O)c1c(C)csc1CNCC. The maximum absolute atomic E-state index is 12.4. The van der Waals surface area contributed by atoms with Crippen molar-refractivity contribution in [3.8, 4) is 0 Å². The molecule has 1 aromatic heterocycles. The van der Waals surface area contributed by atoms with Crippen molar-refractivity contribution in [2.24, 2.45) is 0 Å². The van der Waals surface area contributed by atoms with Crippen LogP contribution in [0.25, 0.3) is 0 Å². The first-order valence-corrected chi connectivity index (χ1v) is 9.74. The van der Waals surface area contributed by atoms with Crippen LogP contribution in [0.4, 0.5) is 0 Å². The lowest BCUT2D eigenvalue weighted by molar-refractivity contribution is 0.136. The number of nitrogens with one attached hydrogen (secondary N) is 2. The summed E-state index contributed by atoms with van der Waals surface area (Å²) in [5.41, 5.74) is 0.798. The van der Waals surface area contributed by atoms with Gasteiger partial charge in [-0.1, -0.05) is 20.3 Å². The molecule has 21 heavy (non-hydrogen) atoms. The predicted octanol–water partition coefficient (Wildman–Crippen LogP) is 2.26. The summed E-state index contributed by atoms with van der Waals surface area (Å²) in [5.74, 6) is 0. The average Bonchev–Trinajstić information content (AvgIpc) is 2.82. The minimum Gasteiger partial charge on any atom is -0.380 e. The third kappa shape index (κ3) is 6.04. The van der Waals surface area contributed by atoms with Gasteiger partial charge >= 0.3 is 0 Å². The van der Waals surface area contributed by atoms with Gasteiger partial charge in [0.15, 0.2) is 0 Å². The fraction of sp³-hybridized carbons (Fsp3) is 0.714. The average molecular weight is 335 g/mol. The number of unbranched alkanes of at least 4 members (excludes halogenated alkanes) is 1. The number of thiophene rings is 1. The summed E-state index contributed by atoms with van der Waals surface area (Å²) in [4.78, 5) is 1.27. The van der Waals surface area contributed by atoms with E-state index in [2.05, 4.69) is 17.0 Å². The van der Waals surface area contributed by atoms with Gasteiger partial charge in [-0.3, -0.25) is 0 Å². The first-order chi connectivity index (χ1) is 10.0. The van der Waals surface area contributed by atoms with Crippen LogP contribution in [0.1, 0.15) is 37.1 Å². The third-order valence-electron chi connectivity index (χ3n) is 2.97. The minimum absolute atomic E-state index is 0.308. The maximum atomic E-state index is 12.4. The van der Waals surface area contributed by atoms with Gasteiger partial charge in [0.1, 0.15) is 4.90 Å². The first-order valence-electron chi connectivity index (χ1n) is 7.38. The van der Waals surface area contributed by atoms with E-state index in [1.54, 1.807) is 0 Å². The Morgan fingerprint density at radius 3 is 2.71 bits per heavy atom. The Labute approximate surface area is 132 Å². The highest BCUT2D eigenvalue weighted by molar-refractivity contribution is 7.89. The fourth-order valence-electron chi connectivity index (χ4n) is 1.88. The molecule has 0 aliphatic heterocycles. The maximum Gasteiger partial charge on any atom is 0.242 e. The van der Waals surface area contributed by atoms with Crippen LogP contribution in [0.3, 0.4) is 0 Å². The lowest BCUT2D eigenvalue weighted by Crippen LogP contribution is -2.29. The van der Waals surface area contributed by atoms with E-state index in [1.165, 1.54) is 11.3 Å². The summed E-state index contributed by atoms with van der Waals surface area (Å²) in [6.07, 6.45) is 2.08. The molecular weight excluding hydrogens is 308 g/mol. The summed E-state index contributed by atoms with van der Waals surface area (Å²) >= 11 is 1.48. The Morgan fingerprint density at radius 2 is 2.05 bits per heavy atom. The molecule has 0 unspecified atom stereocenters. The molecule has 1 aromatic rings. The minimum atomic E-state index is -3.46. The van der Waals surface area contributed by atoms with Crippen molar-refractivity contribution < 1.29 is 13.2 Å². The van der Waals surface area contributed by atoms with Gasteiger partial charge in [0, 0.05) is 24.6 Å². The topological polar surface area (TPSA) is 67.4 Å². The highest BCUT2D eigenvalue weighted by atomic mass is 32.2. The van der Waals surface area contributed by atoms with Gasteiger partial charge < -0.3 is 10.1 Å². The second-order valence-electron chi connectivity index (χ2n) is 4.82. The molecule has 0 aliphatic rings. The van der Waals surface area contributed by atoms with Crippen molar-refractivity contribution in [2.75, 3.05) is 26.3 Å². The Hall–Kier alpha value is -0.470. The van der Waals surface area contributed by atoms with Gasteiger partial charge in [0.05, 0.1) is 6.61 Å². The van der Waals surface area contributed by atoms with Gasteiger partial charge in [-0.15, -0.1) is 11.3 Å². The smallest absolute Gasteiger partial charge is 0.242 e. The summed E-state index contributed by atoms with van der Waals surface area (Å²) in [7, 11) is -3.46. The number of ether oxygens (including phenoxy) is 1. The Kier molecular flexibility index (Phi) is 8.43. The van der Waals surface area contributed by atoms with Crippen molar-refractivity contribution in [2.45, 2.75) is 45.1 Å². The number of hydrogen-bond acceptors (Lipinski definition) is 5. The molecule has 0 radical (unpaired) electrons. The lowest BCUT2D eigenvalue weighted by atomic mass is 10.3. The van der Waals surface area contributed by atoms with Crippen LogP contribution in [0, 0.1) is 6.92 Å². The standard InChI is InChI=1S/C14H26N2O3S2/c1-4-6-8-19-9-7-16-21(17,18)14-12(3)11-20-13(14)10-15-5-2/h11,15-16H,4-10H2,1-3H3. The largest absolute Gasteiger partial charge is 0.380 e. The fourth-order valence-corrected chi connectivity index (χ4v) is 4.67. The molecule has 5 nitrogen and oxygen atoms in total. The predicted molar refractivity (Wildman–Crippen MR) is 87.4 cm³/mol. The monoisotopic (exact) mass is 334 g/mol. The molecule has 7 heteroatoms. The lowest BCUT2D eigenvalue weighted by Gasteiger charge is -2.10. The van der Waals surface area contributed by atoms with E-state index < -0.39 is 10.0 Å². The van der Waals surface area contributed by atoms with E-state index >= 15 is 0 Å². The van der Waals surface area contributed by atoms with Crippen LogP contribution >= 0.6 is 11.3 Å². The molecule has 0 aromatic carbocycles. The van der Waals surface area contributed by atoms with Crippen LogP contribution in [-0.2, 0) is 21.3 Å². The summed E-state index contributed by atoms with van der Waals surface area (Å²) in [6.45, 7) is 8.72. The van der Waals surface area contributed by atoms with E-state index in [-0.39, 0.29) is 0 Å². The van der Waals surface area contributed by atoms with E-state index in [0.717, 1.165) is 29.8 Å². The van der Waals surface area contributed by atoms with Crippen molar-refractivity contribution in [3.63, 3.8) is 0 Å². The van der Waals surface area contributed by atoms with Crippen LogP contribution < -0.4 is 10.0 Å². The molecule has 1 rings (SSSR count). The Balaban J connectivity index is 2.59. The first kappa shape index (κ1) is 18.6. The van der Waals surface area contributed by atoms with Crippen molar-refractivity contribution in [1.29, 1.82) is 0 Å². The second kappa shape index (κ2) is 9.53. The molecule has 122 valence electrons. The van der Waals surface area contributed by atoms with Gasteiger partial charge in [-0.2, -0.15) is 0 Å². The van der Waals surface area contributed by atoms with E-state index in [4.69, 9.17) is 4.74 Å². The number of aryl methyl sites for hydroxylation is 1. The second-order valence-corrected chi connectivity index (χ2v) is 7.48. The zero-order valence-corrected chi connectivity index (χ0v) is 14.7. The van der Waals surface area contributed by atoms with E-state index in [1.807, 2.05) is 19.2 Å². The summed E-state index contributed by atoms with van der Waals surface area (Å²) < 4.78 is 32.8. The molecule has 0 amide bonds. The molecule has 0 fully saturated rings. The highest BCUT2D eigenvalue weighted by Crippen LogP contribution is 2.26. The molecule has 0 aliphatic carbocycles. The molecule has 0 atom stereocenters. The molecule has 0 spiro atoms. The molecule has 1 heterocycles. The molecule has 0 bridgehead atoms. The zero-order chi connectivity index (χ0) is 15.7. The normalized spacial score (nSPS) is 12.0. The number of sulfonamides is 1. The van der Waals surface area contributed by atoms with Crippen LogP contribution in [0.15, 0.2) is 10.3 Å². The van der Waals surface area contributed by atoms with Crippen LogP contribution in [0.2, 0.25) is 0 Å². The van der Waals surface area contributed by atoms with Gasteiger partial charge in [0.2, 0.25) is 10.0 Å². The zero-order valence-electron chi connectivity index (χ0n) is 13.1. The van der Waals surface area contributed by atoms with Crippen molar-refractivity contribution >= 4 is 21.4 Å².